The maximum atomic E-state index is 5.54. The number of ether oxygens (including phenoxy) is 1. The molecule has 2 aromatic rings. The topological polar surface area (TPSA) is 12.5 Å². The van der Waals surface area contributed by atoms with Crippen LogP contribution in [0.3, 0.4) is 0 Å². The standard InChI is InChI=1S/C21H29NO/c1-21(2,23-4)17-22(3)16-15-20(18-11-7-5-8-12-18)19-13-9-6-10-14-19/h5-14,20H,15-17H2,1-4H3. The highest BCUT2D eigenvalue weighted by Gasteiger charge is 2.20. The summed E-state index contributed by atoms with van der Waals surface area (Å²) < 4.78 is 5.54. The summed E-state index contributed by atoms with van der Waals surface area (Å²) in [5.74, 6) is 0.436. The molecule has 0 aliphatic heterocycles. The molecule has 0 saturated heterocycles. The summed E-state index contributed by atoms with van der Waals surface area (Å²) >= 11 is 0. The highest BCUT2D eigenvalue weighted by Crippen LogP contribution is 2.28. The molecule has 0 bridgehead atoms. The summed E-state index contributed by atoms with van der Waals surface area (Å²) in [4.78, 5) is 2.36. The van der Waals surface area contributed by atoms with Gasteiger partial charge in [0.2, 0.25) is 0 Å². The minimum atomic E-state index is -0.107. The van der Waals surface area contributed by atoms with Gasteiger partial charge in [-0.15, -0.1) is 0 Å². The van der Waals surface area contributed by atoms with E-state index in [1.807, 2.05) is 0 Å². The summed E-state index contributed by atoms with van der Waals surface area (Å²) in [6, 6.07) is 21.6. The van der Waals surface area contributed by atoms with Crippen molar-refractivity contribution in [3.05, 3.63) is 71.8 Å². The Hall–Kier alpha value is -1.64. The second-order valence-electron chi connectivity index (χ2n) is 6.86. The Balaban J connectivity index is 2.08. The molecule has 0 aliphatic carbocycles. The lowest BCUT2D eigenvalue weighted by molar-refractivity contribution is -0.00224. The van der Waals surface area contributed by atoms with Crippen LogP contribution in [0.4, 0.5) is 0 Å². The Morgan fingerprint density at radius 1 is 0.913 bits per heavy atom. The van der Waals surface area contributed by atoms with Crippen LogP contribution in [0.25, 0.3) is 0 Å². The highest BCUT2D eigenvalue weighted by molar-refractivity contribution is 5.32. The maximum Gasteiger partial charge on any atom is 0.0748 e. The van der Waals surface area contributed by atoms with Crippen molar-refractivity contribution in [2.24, 2.45) is 0 Å². The lowest BCUT2D eigenvalue weighted by Gasteiger charge is -2.30. The van der Waals surface area contributed by atoms with E-state index in [9.17, 15) is 0 Å². The number of hydrogen-bond donors (Lipinski definition) is 0. The predicted molar refractivity (Wildman–Crippen MR) is 97.9 cm³/mol. The second kappa shape index (κ2) is 8.28. The minimum absolute atomic E-state index is 0.107. The van der Waals surface area contributed by atoms with Crippen molar-refractivity contribution in [2.45, 2.75) is 31.8 Å². The predicted octanol–water partition coefficient (Wildman–Crippen LogP) is 4.57. The zero-order valence-electron chi connectivity index (χ0n) is 14.8. The molecule has 2 nitrogen and oxygen atoms in total. The summed E-state index contributed by atoms with van der Waals surface area (Å²) in [6.07, 6.45) is 1.10. The van der Waals surface area contributed by atoms with Crippen molar-refractivity contribution in [3.63, 3.8) is 0 Å². The maximum absolute atomic E-state index is 5.54. The second-order valence-corrected chi connectivity index (χ2v) is 6.86. The monoisotopic (exact) mass is 311 g/mol. The molecule has 0 fully saturated rings. The number of likely N-dealkylation sites (N-methyl/N-ethyl adjacent to an activating group) is 1. The number of hydrogen-bond acceptors (Lipinski definition) is 2. The van der Waals surface area contributed by atoms with Gasteiger partial charge in [-0.2, -0.15) is 0 Å². The summed E-state index contributed by atoms with van der Waals surface area (Å²) in [5.41, 5.74) is 2.67. The first-order valence-electron chi connectivity index (χ1n) is 8.35. The van der Waals surface area contributed by atoms with Gasteiger partial charge in [-0.3, -0.25) is 0 Å². The molecule has 0 saturated carbocycles. The molecule has 0 unspecified atom stereocenters. The van der Waals surface area contributed by atoms with Crippen LogP contribution in [0.2, 0.25) is 0 Å². The lowest BCUT2D eigenvalue weighted by atomic mass is 9.88. The van der Waals surface area contributed by atoms with Gasteiger partial charge in [0.15, 0.2) is 0 Å². The van der Waals surface area contributed by atoms with E-state index in [1.54, 1.807) is 7.11 Å². The van der Waals surface area contributed by atoms with Gasteiger partial charge in [-0.05, 0) is 45.0 Å². The van der Waals surface area contributed by atoms with E-state index in [-0.39, 0.29) is 5.60 Å². The minimum Gasteiger partial charge on any atom is -0.377 e. The van der Waals surface area contributed by atoms with Crippen LogP contribution in [0.1, 0.15) is 37.3 Å². The lowest BCUT2D eigenvalue weighted by Crippen LogP contribution is -2.38. The molecule has 23 heavy (non-hydrogen) atoms. The van der Waals surface area contributed by atoms with Crippen molar-refractivity contribution in [1.82, 2.24) is 4.90 Å². The van der Waals surface area contributed by atoms with Crippen molar-refractivity contribution < 1.29 is 4.74 Å². The normalized spacial score (nSPS) is 12.1. The molecule has 2 aromatic carbocycles. The molecule has 2 rings (SSSR count). The largest absolute Gasteiger partial charge is 0.377 e. The fraction of sp³-hybridized carbons (Fsp3) is 0.429. The van der Waals surface area contributed by atoms with Crippen molar-refractivity contribution >= 4 is 0 Å². The van der Waals surface area contributed by atoms with Gasteiger partial charge in [0, 0.05) is 19.6 Å². The number of methoxy groups -OCH3 is 1. The third kappa shape index (κ3) is 5.49. The van der Waals surface area contributed by atoms with E-state index in [4.69, 9.17) is 4.74 Å². The molecular weight excluding hydrogens is 282 g/mol. The molecule has 0 N–H and O–H groups in total. The average molecular weight is 311 g/mol. The summed E-state index contributed by atoms with van der Waals surface area (Å²) in [5, 5.41) is 0. The third-order valence-corrected chi connectivity index (χ3v) is 4.41. The number of benzene rings is 2. The van der Waals surface area contributed by atoms with Gasteiger partial charge in [-0.1, -0.05) is 60.7 Å². The van der Waals surface area contributed by atoms with Gasteiger partial charge in [0.05, 0.1) is 5.60 Å². The number of rotatable bonds is 8. The zero-order chi connectivity index (χ0) is 16.7. The van der Waals surface area contributed by atoms with Crippen LogP contribution in [0.15, 0.2) is 60.7 Å². The molecule has 2 heteroatoms. The van der Waals surface area contributed by atoms with Crippen LogP contribution >= 0.6 is 0 Å². The Morgan fingerprint density at radius 2 is 1.39 bits per heavy atom. The Labute approximate surface area is 141 Å². The smallest absolute Gasteiger partial charge is 0.0748 e. The SMILES string of the molecule is COC(C)(C)CN(C)CCC(c1ccccc1)c1ccccc1. The highest BCUT2D eigenvalue weighted by atomic mass is 16.5. The van der Waals surface area contributed by atoms with Crippen molar-refractivity contribution in [3.8, 4) is 0 Å². The molecule has 0 heterocycles. The molecule has 0 amide bonds. The molecule has 124 valence electrons. The fourth-order valence-corrected chi connectivity index (χ4v) is 3.04. The Morgan fingerprint density at radius 3 is 1.83 bits per heavy atom. The third-order valence-electron chi connectivity index (χ3n) is 4.41. The van der Waals surface area contributed by atoms with Crippen LogP contribution < -0.4 is 0 Å². The fourth-order valence-electron chi connectivity index (χ4n) is 3.04. The van der Waals surface area contributed by atoms with Crippen molar-refractivity contribution in [2.75, 3.05) is 27.2 Å². The van der Waals surface area contributed by atoms with E-state index in [2.05, 4.69) is 86.5 Å². The first-order chi connectivity index (χ1) is 11.0. The molecule has 0 aromatic heterocycles. The zero-order valence-corrected chi connectivity index (χ0v) is 14.8. The van der Waals surface area contributed by atoms with Crippen LogP contribution in [0, 0.1) is 0 Å². The van der Waals surface area contributed by atoms with E-state index in [1.165, 1.54) is 11.1 Å². The number of nitrogens with zero attached hydrogens (tertiary/aromatic N) is 1. The average Bonchev–Trinajstić information content (AvgIpc) is 2.56. The molecule has 0 radical (unpaired) electrons. The van der Waals surface area contributed by atoms with E-state index >= 15 is 0 Å². The van der Waals surface area contributed by atoms with Crippen LogP contribution in [0.5, 0.6) is 0 Å². The first kappa shape index (κ1) is 17.7. The van der Waals surface area contributed by atoms with Crippen molar-refractivity contribution in [1.29, 1.82) is 0 Å². The van der Waals surface area contributed by atoms with Gasteiger partial charge in [0.1, 0.15) is 0 Å². The first-order valence-corrected chi connectivity index (χ1v) is 8.35. The van der Waals surface area contributed by atoms with E-state index in [0.717, 1.165) is 19.5 Å². The molecular formula is C21H29NO. The Kier molecular flexibility index (Phi) is 6.37. The summed E-state index contributed by atoms with van der Waals surface area (Å²) in [7, 11) is 3.96. The molecule has 0 atom stereocenters. The van der Waals surface area contributed by atoms with Gasteiger partial charge < -0.3 is 9.64 Å². The van der Waals surface area contributed by atoms with Crippen LogP contribution in [-0.4, -0.2) is 37.7 Å². The van der Waals surface area contributed by atoms with E-state index in [0.29, 0.717) is 5.92 Å². The summed E-state index contributed by atoms with van der Waals surface area (Å²) in [6.45, 7) is 6.24. The van der Waals surface area contributed by atoms with E-state index < -0.39 is 0 Å². The van der Waals surface area contributed by atoms with Gasteiger partial charge >= 0.3 is 0 Å². The van der Waals surface area contributed by atoms with Gasteiger partial charge in [-0.25, -0.2) is 0 Å². The molecule has 0 spiro atoms. The Bertz CT molecular complexity index is 525. The van der Waals surface area contributed by atoms with Crippen LogP contribution in [-0.2, 0) is 4.74 Å². The molecule has 0 aliphatic rings. The van der Waals surface area contributed by atoms with Gasteiger partial charge in [0.25, 0.3) is 0 Å². The quantitative estimate of drug-likeness (QED) is 0.708.